The number of anilines is 1. The van der Waals surface area contributed by atoms with Gasteiger partial charge in [0, 0.05) is 26.2 Å². The molecule has 3 N–H and O–H groups in total. The number of fused-ring (bicyclic) bond motifs is 1. The monoisotopic (exact) mass is 388 g/mol. The van der Waals surface area contributed by atoms with Gasteiger partial charge in [0.15, 0.2) is 11.2 Å². The van der Waals surface area contributed by atoms with E-state index in [4.69, 9.17) is 4.74 Å². The van der Waals surface area contributed by atoms with Crippen molar-refractivity contribution in [2.75, 3.05) is 19.1 Å². The van der Waals surface area contributed by atoms with Crippen LogP contribution in [-0.4, -0.2) is 48.8 Å². The molecule has 0 radical (unpaired) electrons. The number of aliphatic hydroxyl groups is 1. The number of rotatable bonds is 6. The van der Waals surface area contributed by atoms with Gasteiger partial charge in [0.05, 0.1) is 19.9 Å². The fourth-order valence-electron chi connectivity index (χ4n) is 2.77. The van der Waals surface area contributed by atoms with E-state index in [0.717, 1.165) is 4.57 Å². The molecule has 148 valence electrons. The van der Waals surface area contributed by atoms with Crippen LogP contribution < -0.4 is 21.4 Å². The number of hydrogen-bond donors (Lipinski definition) is 3. The highest BCUT2D eigenvalue weighted by Crippen LogP contribution is 2.21. The van der Waals surface area contributed by atoms with Crippen molar-refractivity contribution in [1.29, 1.82) is 0 Å². The van der Waals surface area contributed by atoms with Crippen LogP contribution in [0.2, 0.25) is 0 Å². The van der Waals surface area contributed by atoms with Crippen LogP contribution in [0.15, 0.2) is 32.9 Å². The van der Waals surface area contributed by atoms with Gasteiger partial charge in [-0.25, -0.2) is 10.2 Å². The Morgan fingerprint density at radius 2 is 2.04 bits per heavy atom. The zero-order chi connectivity index (χ0) is 20.4. The molecule has 1 aromatic carbocycles. The van der Waals surface area contributed by atoms with E-state index in [2.05, 4.69) is 15.5 Å². The molecule has 28 heavy (non-hydrogen) atoms. The van der Waals surface area contributed by atoms with Crippen molar-refractivity contribution in [3.8, 4) is 11.5 Å². The zero-order valence-electron chi connectivity index (χ0n) is 15.6. The summed E-state index contributed by atoms with van der Waals surface area (Å²) >= 11 is 0. The van der Waals surface area contributed by atoms with E-state index in [1.54, 1.807) is 12.1 Å². The molecule has 11 heteroatoms. The van der Waals surface area contributed by atoms with Gasteiger partial charge in [0.1, 0.15) is 11.5 Å². The van der Waals surface area contributed by atoms with E-state index in [9.17, 15) is 19.8 Å². The van der Waals surface area contributed by atoms with E-state index >= 15 is 0 Å². The lowest BCUT2D eigenvalue weighted by Gasteiger charge is -2.07. The molecule has 0 bridgehead atoms. The Balaban J connectivity index is 2.05. The second kappa shape index (κ2) is 7.56. The minimum atomic E-state index is -0.526. The number of hydrogen-bond acceptors (Lipinski definition) is 8. The molecule has 0 aliphatic carbocycles. The van der Waals surface area contributed by atoms with Crippen LogP contribution >= 0.6 is 0 Å². The number of hydrazone groups is 1. The Hall–Kier alpha value is -3.60. The molecule has 0 fully saturated rings. The summed E-state index contributed by atoms with van der Waals surface area (Å²) in [4.78, 5) is 28.9. The molecule has 3 aromatic rings. The highest BCUT2D eigenvalue weighted by Gasteiger charge is 2.18. The number of nitrogens with zero attached hydrogens (tertiary/aromatic N) is 5. The SMILES string of the molecule is COc1ccc(O)c(/C=N/Nc2nc3c(c(=O)n(C)c(=O)n3C)n2CCO)c1. The Bertz CT molecular complexity index is 1170. The van der Waals surface area contributed by atoms with Crippen molar-refractivity contribution in [3.63, 3.8) is 0 Å². The van der Waals surface area contributed by atoms with Gasteiger partial charge in [-0.1, -0.05) is 0 Å². The van der Waals surface area contributed by atoms with E-state index in [1.165, 1.54) is 42.6 Å². The third-order valence-corrected chi connectivity index (χ3v) is 4.27. The molecule has 2 aromatic heterocycles. The molecule has 0 spiro atoms. The highest BCUT2D eigenvalue weighted by molar-refractivity contribution is 5.84. The summed E-state index contributed by atoms with van der Waals surface area (Å²) < 4.78 is 8.77. The fraction of sp³-hybridized carbons (Fsp3) is 0.294. The predicted octanol–water partition coefficient (Wildman–Crippen LogP) is -0.414. The van der Waals surface area contributed by atoms with E-state index < -0.39 is 11.2 Å². The smallest absolute Gasteiger partial charge is 0.332 e. The number of aliphatic hydroxyl groups excluding tert-OH is 1. The van der Waals surface area contributed by atoms with Crippen molar-refractivity contribution < 1.29 is 14.9 Å². The number of aryl methyl sites for hydroxylation is 1. The lowest BCUT2D eigenvalue weighted by Crippen LogP contribution is -2.37. The predicted molar refractivity (Wildman–Crippen MR) is 103 cm³/mol. The maximum Gasteiger partial charge on any atom is 0.332 e. The summed E-state index contributed by atoms with van der Waals surface area (Å²) in [6.07, 6.45) is 1.36. The maximum atomic E-state index is 12.5. The Morgan fingerprint density at radius 1 is 1.29 bits per heavy atom. The number of phenolic OH excluding ortho intramolecular Hbond substituents is 1. The van der Waals surface area contributed by atoms with Crippen LogP contribution in [-0.2, 0) is 20.6 Å². The molecule has 3 rings (SSSR count). The topological polar surface area (TPSA) is 136 Å². The van der Waals surface area contributed by atoms with Crippen molar-refractivity contribution >= 4 is 23.3 Å². The molecular weight excluding hydrogens is 368 g/mol. The number of ether oxygens (including phenoxy) is 1. The van der Waals surface area contributed by atoms with E-state index in [1.807, 2.05) is 0 Å². The first-order valence-corrected chi connectivity index (χ1v) is 8.32. The molecular formula is C17H20N6O5. The Kier molecular flexibility index (Phi) is 5.18. The quantitative estimate of drug-likeness (QED) is 0.386. The number of benzene rings is 1. The molecule has 0 saturated carbocycles. The largest absolute Gasteiger partial charge is 0.507 e. The number of phenols is 1. The van der Waals surface area contributed by atoms with Gasteiger partial charge < -0.3 is 19.5 Å². The van der Waals surface area contributed by atoms with Gasteiger partial charge >= 0.3 is 5.69 Å². The molecule has 0 unspecified atom stereocenters. The fourth-order valence-corrected chi connectivity index (χ4v) is 2.77. The minimum Gasteiger partial charge on any atom is -0.507 e. The molecule has 0 saturated heterocycles. The summed E-state index contributed by atoms with van der Waals surface area (Å²) in [5.74, 6) is 0.720. The van der Waals surface area contributed by atoms with E-state index in [-0.39, 0.29) is 36.0 Å². The van der Waals surface area contributed by atoms with Crippen molar-refractivity contribution in [2.45, 2.75) is 6.54 Å². The first-order valence-electron chi connectivity index (χ1n) is 8.32. The van der Waals surface area contributed by atoms with Gasteiger partial charge in [0.25, 0.3) is 5.56 Å². The molecule has 0 aliphatic heterocycles. The van der Waals surface area contributed by atoms with Crippen LogP contribution in [0.25, 0.3) is 11.2 Å². The van der Waals surface area contributed by atoms with Gasteiger partial charge in [0.2, 0.25) is 5.95 Å². The normalized spacial score (nSPS) is 11.4. The Morgan fingerprint density at radius 3 is 2.71 bits per heavy atom. The second-order valence-corrected chi connectivity index (χ2v) is 5.98. The van der Waals surface area contributed by atoms with Crippen LogP contribution in [0, 0.1) is 0 Å². The summed E-state index contributed by atoms with van der Waals surface area (Å²) in [5.41, 5.74) is 2.39. The van der Waals surface area contributed by atoms with Crippen LogP contribution in [0.5, 0.6) is 11.5 Å². The summed E-state index contributed by atoms with van der Waals surface area (Å²) in [7, 11) is 4.38. The highest BCUT2D eigenvalue weighted by atomic mass is 16.5. The second-order valence-electron chi connectivity index (χ2n) is 5.98. The van der Waals surface area contributed by atoms with Crippen molar-refractivity contribution in [2.24, 2.45) is 19.2 Å². The average molecular weight is 388 g/mol. The third kappa shape index (κ3) is 3.22. The van der Waals surface area contributed by atoms with Gasteiger partial charge in [-0.2, -0.15) is 10.1 Å². The van der Waals surface area contributed by atoms with Gasteiger partial charge in [-0.05, 0) is 18.2 Å². The lowest BCUT2D eigenvalue weighted by molar-refractivity contribution is 0.278. The number of nitrogens with one attached hydrogen (secondary N) is 1. The van der Waals surface area contributed by atoms with Crippen molar-refractivity contribution in [3.05, 3.63) is 44.6 Å². The zero-order valence-corrected chi connectivity index (χ0v) is 15.6. The van der Waals surface area contributed by atoms with Gasteiger partial charge in [-0.3, -0.25) is 13.9 Å². The third-order valence-electron chi connectivity index (χ3n) is 4.27. The summed E-state index contributed by atoms with van der Waals surface area (Å²) in [6, 6.07) is 4.68. The maximum absolute atomic E-state index is 12.5. The van der Waals surface area contributed by atoms with Crippen molar-refractivity contribution in [1.82, 2.24) is 18.7 Å². The van der Waals surface area contributed by atoms with Gasteiger partial charge in [-0.15, -0.1) is 0 Å². The van der Waals surface area contributed by atoms with E-state index in [0.29, 0.717) is 11.3 Å². The molecule has 11 nitrogen and oxygen atoms in total. The van der Waals surface area contributed by atoms with Crippen LogP contribution in [0.1, 0.15) is 5.56 Å². The number of imidazole rings is 1. The van der Waals surface area contributed by atoms with Crippen LogP contribution in [0.3, 0.4) is 0 Å². The summed E-state index contributed by atoms with van der Waals surface area (Å²) in [5, 5.41) is 23.3. The average Bonchev–Trinajstić information content (AvgIpc) is 3.05. The molecule has 2 heterocycles. The van der Waals surface area contributed by atoms with Crippen LogP contribution in [0.4, 0.5) is 5.95 Å². The first-order chi connectivity index (χ1) is 13.4. The number of methoxy groups -OCH3 is 1. The Labute approximate surface area is 158 Å². The standard InChI is InChI=1S/C17H20N6O5/c1-21-14-13(15(26)22(2)17(21)27)23(6-7-24)16(19-14)20-18-9-10-8-11(28-3)4-5-12(10)25/h4-5,8-9,24-25H,6-7H2,1-3H3,(H,19,20)/b18-9+. The molecule has 0 aliphatic rings. The first kappa shape index (κ1) is 19.2. The molecule has 0 amide bonds. The minimum absolute atomic E-state index is 0.00600. The lowest BCUT2D eigenvalue weighted by atomic mass is 10.2. The summed E-state index contributed by atoms with van der Waals surface area (Å²) in [6.45, 7) is -0.168. The number of aromatic hydroxyl groups is 1. The number of aromatic nitrogens is 4. The molecule has 0 atom stereocenters.